The zero-order valence-electron chi connectivity index (χ0n) is 12.0. The highest BCUT2D eigenvalue weighted by Crippen LogP contribution is 2.64. The van der Waals surface area contributed by atoms with Gasteiger partial charge in [0.15, 0.2) is 0 Å². The molecule has 2 fully saturated rings. The summed E-state index contributed by atoms with van der Waals surface area (Å²) in [6.45, 7) is 5.61. The molecule has 0 amide bonds. The molecular formula is C17H24BrN. The molecule has 1 aromatic rings. The van der Waals surface area contributed by atoms with Gasteiger partial charge in [0.05, 0.1) is 0 Å². The fraction of sp³-hybridized carbons (Fsp3) is 0.647. The van der Waals surface area contributed by atoms with Gasteiger partial charge in [-0.3, -0.25) is 0 Å². The van der Waals surface area contributed by atoms with Crippen LogP contribution < -0.4 is 5.32 Å². The Morgan fingerprint density at radius 1 is 1.26 bits per heavy atom. The van der Waals surface area contributed by atoms with Crippen molar-refractivity contribution >= 4 is 15.9 Å². The average molecular weight is 322 g/mol. The van der Waals surface area contributed by atoms with Gasteiger partial charge >= 0.3 is 0 Å². The molecule has 1 spiro atoms. The molecule has 2 heteroatoms. The van der Waals surface area contributed by atoms with Crippen LogP contribution in [0.25, 0.3) is 0 Å². The zero-order valence-corrected chi connectivity index (χ0v) is 13.6. The van der Waals surface area contributed by atoms with Gasteiger partial charge in [-0.05, 0) is 48.8 Å². The topological polar surface area (TPSA) is 12.0 Å². The Labute approximate surface area is 125 Å². The van der Waals surface area contributed by atoms with E-state index in [4.69, 9.17) is 0 Å². The summed E-state index contributed by atoms with van der Waals surface area (Å²) in [6, 6.07) is 9.53. The minimum Gasteiger partial charge on any atom is -0.314 e. The molecule has 0 saturated heterocycles. The number of hydrogen-bond donors (Lipinski definition) is 1. The van der Waals surface area contributed by atoms with Gasteiger partial charge in [0.2, 0.25) is 0 Å². The Bertz CT molecular complexity index is 454. The maximum absolute atomic E-state index is 3.68. The molecule has 2 aliphatic carbocycles. The molecule has 0 unspecified atom stereocenters. The Balaban J connectivity index is 1.81. The van der Waals surface area contributed by atoms with Gasteiger partial charge < -0.3 is 5.32 Å². The predicted molar refractivity (Wildman–Crippen MR) is 84.5 cm³/mol. The molecule has 104 valence electrons. The molecule has 0 atom stereocenters. The van der Waals surface area contributed by atoms with Crippen LogP contribution >= 0.6 is 15.9 Å². The lowest BCUT2D eigenvalue weighted by Gasteiger charge is -2.62. The second-order valence-corrected chi connectivity index (χ2v) is 7.95. The van der Waals surface area contributed by atoms with Crippen LogP contribution in [0.15, 0.2) is 28.7 Å². The third-order valence-corrected chi connectivity index (χ3v) is 5.62. The van der Waals surface area contributed by atoms with Gasteiger partial charge in [0, 0.05) is 22.5 Å². The fourth-order valence-electron chi connectivity index (χ4n) is 4.06. The van der Waals surface area contributed by atoms with Crippen molar-refractivity contribution in [3.8, 4) is 0 Å². The predicted octanol–water partition coefficient (Wildman–Crippen LogP) is 4.65. The summed E-state index contributed by atoms with van der Waals surface area (Å²) in [6.07, 6.45) is 7.15. The molecule has 2 aliphatic rings. The van der Waals surface area contributed by atoms with Gasteiger partial charge in [0.1, 0.15) is 0 Å². The lowest BCUT2D eigenvalue weighted by Crippen LogP contribution is -2.57. The van der Waals surface area contributed by atoms with E-state index >= 15 is 0 Å². The Morgan fingerprint density at radius 2 is 2.00 bits per heavy atom. The van der Waals surface area contributed by atoms with Crippen molar-refractivity contribution in [2.45, 2.75) is 57.4 Å². The Morgan fingerprint density at radius 3 is 2.53 bits per heavy atom. The number of nitrogens with one attached hydrogen (secondary N) is 1. The van der Waals surface area contributed by atoms with Crippen LogP contribution in [0.5, 0.6) is 0 Å². The summed E-state index contributed by atoms with van der Waals surface area (Å²) in [5.41, 5.74) is 2.61. The van der Waals surface area contributed by atoms with Crippen molar-refractivity contribution in [3.63, 3.8) is 0 Å². The third-order valence-electron chi connectivity index (χ3n) is 5.13. The Kier molecular flexibility index (Phi) is 3.51. The third kappa shape index (κ3) is 2.50. The van der Waals surface area contributed by atoms with E-state index in [2.05, 4.69) is 59.4 Å². The number of benzene rings is 1. The molecule has 0 aromatic heterocycles. The Hall–Kier alpha value is -0.340. The van der Waals surface area contributed by atoms with Crippen molar-refractivity contribution in [2.24, 2.45) is 5.41 Å². The molecule has 1 aromatic carbocycles. The van der Waals surface area contributed by atoms with Crippen molar-refractivity contribution in [1.82, 2.24) is 5.32 Å². The van der Waals surface area contributed by atoms with Gasteiger partial charge in [0.25, 0.3) is 0 Å². The van der Waals surface area contributed by atoms with Crippen LogP contribution in [-0.2, 0) is 5.41 Å². The summed E-state index contributed by atoms with van der Waals surface area (Å²) in [5, 5.41) is 3.68. The summed E-state index contributed by atoms with van der Waals surface area (Å²) in [7, 11) is 0. The zero-order chi connectivity index (χ0) is 13.5. The normalized spacial score (nSPS) is 23.2. The SMILES string of the molecule is CC(C)NCC1(c2cccc(Br)c2)CC2(CCC2)C1. The van der Waals surface area contributed by atoms with E-state index in [1.54, 1.807) is 0 Å². The first-order valence-electron chi connectivity index (χ1n) is 7.53. The molecular weight excluding hydrogens is 298 g/mol. The van der Waals surface area contributed by atoms with Crippen LogP contribution in [0.3, 0.4) is 0 Å². The quantitative estimate of drug-likeness (QED) is 0.851. The maximum atomic E-state index is 3.68. The molecule has 1 N–H and O–H groups in total. The van der Waals surface area contributed by atoms with Crippen molar-refractivity contribution < 1.29 is 0 Å². The summed E-state index contributed by atoms with van der Waals surface area (Å²) >= 11 is 3.63. The lowest BCUT2D eigenvalue weighted by atomic mass is 9.43. The lowest BCUT2D eigenvalue weighted by molar-refractivity contribution is -0.0489. The van der Waals surface area contributed by atoms with E-state index < -0.39 is 0 Å². The average Bonchev–Trinajstić information content (AvgIpc) is 2.25. The highest BCUT2D eigenvalue weighted by atomic mass is 79.9. The van der Waals surface area contributed by atoms with E-state index in [-0.39, 0.29) is 0 Å². The summed E-state index contributed by atoms with van der Waals surface area (Å²) in [4.78, 5) is 0. The molecule has 0 radical (unpaired) electrons. The highest BCUT2D eigenvalue weighted by molar-refractivity contribution is 9.10. The summed E-state index contributed by atoms with van der Waals surface area (Å²) < 4.78 is 1.21. The van der Waals surface area contributed by atoms with E-state index in [0.717, 1.165) is 6.54 Å². The van der Waals surface area contributed by atoms with E-state index in [0.29, 0.717) is 16.9 Å². The van der Waals surface area contributed by atoms with E-state index in [9.17, 15) is 0 Å². The fourth-order valence-corrected chi connectivity index (χ4v) is 4.46. The van der Waals surface area contributed by atoms with Crippen LogP contribution in [-0.4, -0.2) is 12.6 Å². The largest absolute Gasteiger partial charge is 0.314 e. The standard InChI is InChI=1S/C17H24BrN/c1-13(2)19-12-17(10-16(11-17)7-4-8-16)14-5-3-6-15(18)9-14/h3,5-6,9,13,19H,4,7-8,10-12H2,1-2H3. The highest BCUT2D eigenvalue weighted by Gasteiger charge is 2.57. The van der Waals surface area contributed by atoms with E-state index in [1.165, 1.54) is 42.1 Å². The van der Waals surface area contributed by atoms with Gasteiger partial charge in [-0.2, -0.15) is 0 Å². The molecule has 3 rings (SSSR count). The number of rotatable bonds is 4. The van der Waals surface area contributed by atoms with E-state index in [1.807, 2.05) is 0 Å². The van der Waals surface area contributed by atoms with Crippen LogP contribution in [0.1, 0.15) is 51.5 Å². The van der Waals surface area contributed by atoms with Crippen molar-refractivity contribution in [3.05, 3.63) is 34.3 Å². The number of halogens is 1. The summed E-state index contributed by atoms with van der Waals surface area (Å²) in [5.74, 6) is 0. The van der Waals surface area contributed by atoms with Gasteiger partial charge in [-0.15, -0.1) is 0 Å². The minimum absolute atomic E-state index is 0.383. The van der Waals surface area contributed by atoms with Crippen LogP contribution in [0.2, 0.25) is 0 Å². The van der Waals surface area contributed by atoms with Gasteiger partial charge in [-0.1, -0.05) is 48.3 Å². The minimum atomic E-state index is 0.383. The van der Waals surface area contributed by atoms with Crippen LogP contribution in [0, 0.1) is 5.41 Å². The number of hydrogen-bond acceptors (Lipinski definition) is 1. The molecule has 0 bridgehead atoms. The first-order valence-corrected chi connectivity index (χ1v) is 8.33. The van der Waals surface area contributed by atoms with Crippen LogP contribution in [0.4, 0.5) is 0 Å². The van der Waals surface area contributed by atoms with Crippen molar-refractivity contribution in [1.29, 1.82) is 0 Å². The molecule has 19 heavy (non-hydrogen) atoms. The monoisotopic (exact) mass is 321 g/mol. The van der Waals surface area contributed by atoms with Crippen molar-refractivity contribution in [2.75, 3.05) is 6.54 Å². The first-order chi connectivity index (χ1) is 9.04. The molecule has 2 saturated carbocycles. The first kappa shape index (κ1) is 13.6. The molecule has 0 aliphatic heterocycles. The second kappa shape index (κ2) is 4.89. The molecule has 1 nitrogen and oxygen atoms in total. The molecule has 0 heterocycles. The second-order valence-electron chi connectivity index (χ2n) is 7.03. The maximum Gasteiger partial charge on any atom is 0.0178 e. The van der Waals surface area contributed by atoms with Gasteiger partial charge in [-0.25, -0.2) is 0 Å². The smallest absolute Gasteiger partial charge is 0.0178 e.